The summed E-state index contributed by atoms with van der Waals surface area (Å²) in [6.45, 7) is 1.03. The molecule has 1 heterocycles. The van der Waals surface area contributed by atoms with Crippen LogP contribution in [0.1, 0.15) is 15.9 Å². The normalized spacial score (nSPS) is 13.0. The highest BCUT2D eigenvalue weighted by atomic mass is 16.6. The number of carbonyl (C=O) groups excluding carboxylic acids is 1. The van der Waals surface area contributed by atoms with Crippen LogP contribution in [0.4, 0.5) is 5.69 Å². The topological polar surface area (TPSA) is 78.7 Å². The number of carbonyl (C=O) groups is 1. The van der Waals surface area contributed by atoms with Crippen molar-refractivity contribution in [3.05, 3.63) is 69.8 Å². The minimum absolute atomic E-state index is 0.0441. The van der Waals surface area contributed by atoms with Crippen molar-refractivity contribution >= 4 is 17.5 Å². The van der Waals surface area contributed by atoms with Gasteiger partial charge in [-0.2, -0.15) is 0 Å². The van der Waals surface area contributed by atoms with E-state index in [1.54, 1.807) is 18.2 Å². The fourth-order valence-corrected chi connectivity index (χ4v) is 2.18. The quantitative estimate of drug-likeness (QED) is 0.375. The Balaban J connectivity index is 1.74. The fourth-order valence-electron chi connectivity index (χ4n) is 2.18. The SMILES string of the molecule is O=C(C=Cc1ccc2c(c1)OCCO2)c1ccc([N+](=O)[O-])cc1. The third-order valence-electron chi connectivity index (χ3n) is 3.36. The number of non-ortho nitro benzene ring substituents is 1. The Morgan fingerprint density at radius 2 is 1.74 bits per heavy atom. The van der Waals surface area contributed by atoms with Gasteiger partial charge in [0.1, 0.15) is 13.2 Å². The molecule has 23 heavy (non-hydrogen) atoms. The standard InChI is InChI=1S/C17H13NO5/c19-15(13-3-5-14(6-4-13)18(20)21)7-1-12-2-8-16-17(11-12)23-10-9-22-16/h1-8,11H,9-10H2. The van der Waals surface area contributed by atoms with E-state index in [0.29, 0.717) is 30.3 Å². The smallest absolute Gasteiger partial charge is 0.269 e. The molecule has 0 spiro atoms. The first kappa shape index (κ1) is 14.8. The zero-order valence-corrected chi connectivity index (χ0v) is 12.1. The zero-order chi connectivity index (χ0) is 16.2. The molecular formula is C17H13NO5. The van der Waals surface area contributed by atoms with Crippen LogP contribution in [0.2, 0.25) is 0 Å². The van der Waals surface area contributed by atoms with E-state index in [9.17, 15) is 14.9 Å². The van der Waals surface area contributed by atoms with E-state index in [4.69, 9.17) is 9.47 Å². The molecule has 0 radical (unpaired) electrons. The van der Waals surface area contributed by atoms with E-state index < -0.39 is 4.92 Å². The van der Waals surface area contributed by atoms with Gasteiger partial charge < -0.3 is 9.47 Å². The maximum Gasteiger partial charge on any atom is 0.269 e. The number of ether oxygens (including phenoxy) is 2. The van der Waals surface area contributed by atoms with E-state index in [-0.39, 0.29) is 11.5 Å². The lowest BCUT2D eigenvalue weighted by atomic mass is 10.1. The van der Waals surface area contributed by atoms with Gasteiger partial charge in [-0.25, -0.2) is 0 Å². The Kier molecular flexibility index (Phi) is 4.05. The predicted molar refractivity (Wildman–Crippen MR) is 83.9 cm³/mol. The largest absolute Gasteiger partial charge is 0.486 e. The summed E-state index contributed by atoms with van der Waals surface area (Å²) in [6.07, 6.45) is 3.09. The molecular weight excluding hydrogens is 298 g/mol. The van der Waals surface area contributed by atoms with Crippen LogP contribution >= 0.6 is 0 Å². The van der Waals surface area contributed by atoms with Gasteiger partial charge in [-0.3, -0.25) is 14.9 Å². The Hall–Kier alpha value is -3.15. The number of allylic oxidation sites excluding steroid dienone is 1. The molecule has 0 fully saturated rings. The van der Waals surface area contributed by atoms with Crippen molar-refractivity contribution in [3.8, 4) is 11.5 Å². The van der Waals surface area contributed by atoms with Crippen LogP contribution in [-0.2, 0) is 0 Å². The van der Waals surface area contributed by atoms with Crippen molar-refractivity contribution in [1.82, 2.24) is 0 Å². The first-order valence-corrected chi connectivity index (χ1v) is 7.00. The van der Waals surface area contributed by atoms with Crippen LogP contribution in [0, 0.1) is 10.1 Å². The predicted octanol–water partition coefficient (Wildman–Crippen LogP) is 3.26. The van der Waals surface area contributed by atoms with Gasteiger partial charge >= 0.3 is 0 Å². The summed E-state index contributed by atoms with van der Waals surface area (Å²) in [5, 5.41) is 10.6. The number of nitrogens with zero attached hydrogens (tertiary/aromatic N) is 1. The molecule has 0 saturated carbocycles. The molecule has 0 N–H and O–H groups in total. The van der Waals surface area contributed by atoms with Gasteiger partial charge in [0.25, 0.3) is 5.69 Å². The molecule has 0 saturated heterocycles. The average Bonchev–Trinajstić information content (AvgIpc) is 2.59. The molecule has 0 aliphatic carbocycles. The fraction of sp³-hybridized carbons (Fsp3) is 0.118. The van der Waals surface area contributed by atoms with Crippen LogP contribution in [0.15, 0.2) is 48.5 Å². The number of nitro groups is 1. The minimum Gasteiger partial charge on any atom is -0.486 e. The van der Waals surface area contributed by atoms with E-state index in [2.05, 4.69) is 0 Å². The molecule has 0 bridgehead atoms. The molecule has 0 amide bonds. The Morgan fingerprint density at radius 3 is 2.43 bits per heavy atom. The second-order valence-electron chi connectivity index (χ2n) is 4.90. The number of hydrogen-bond donors (Lipinski definition) is 0. The molecule has 0 aromatic heterocycles. The van der Waals surface area contributed by atoms with Crippen LogP contribution < -0.4 is 9.47 Å². The second kappa shape index (κ2) is 6.31. The summed E-state index contributed by atoms with van der Waals surface area (Å²) in [5.74, 6) is 1.12. The van der Waals surface area contributed by atoms with Crippen molar-refractivity contribution in [2.75, 3.05) is 13.2 Å². The Morgan fingerprint density at radius 1 is 1.04 bits per heavy atom. The van der Waals surface area contributed by atoms with Crippen LogP contribution in [0.3, 0.4) is 0 Å². The van der Waals surface area contributed by atoms with E-state index in [1.807, 2.05) is 6.07 Å². The summed E-state index contributed by atoms with van der Waals surface area (Å²) >= 11 is 0. The lowest BCUT2D eigenvalue weighted by molar-refractivity contribution is -0.384. The number of hydrogen-bond acceptors (Lipinski definition) is 5. The summed E-state index contributed by atoms with van der Waals surface area (Å²) in [5.41, 5.74) is 1.16. The summed E-state index contributed by atoms with van der Waals surface area (Å²) in [6, 6.07) is 10.9. The van der Waals surface area contributed by atoms with Crippen molar-refractivity contribution in [2.24, 2.45) is 0 Å². The molecule has 116 valence electrons. The number of nitro benzene ring substituents is 1. The van der Waals surface area contributed by atoms with Gasteiger partial charge in [-0.15, -0.1) is 0 Å². The van der Waals surface area contributed by atoms with Gasteiger partial charge in [0.15, 0.2) is 17.3 Å². The zero-order valence-electron chi connectivity index (χ0n) is 12.1. The Labute approximate surface area is 132 Å². The third-order valence-corrected chi connectivity index (χ3v) is 3.36. The monoisotopic (exact) mass is 311 g/mol. The molecule has 3 rings (SSSR count). The van der Waals surface area contributed by atoms with Gasteiger partial charge in [0, 0.05) is 17.7 Å². The highest BCUT2D eigenvalue weighted by molar-refractivity contribution is 6.06. The maximum atomic E-state index is 12.1. The number of fused-ring (bicyclic) bond motifs is 1. The highest BCUT2D eigenvalue weighted by Gasteiger charge is 2.11. The van der Waals surface area contributed by atoms with Crippen LogP contribution in [0.5, 0.6) is 11.5 Å². The first-order chi connectivity index (χ1) is 11.1. The molecule has 2 aromatic rings. The highest BCUT2D eigenvalue weighted by Crippen LogP contribution is 2.31. The van der Waals surface area contributed by atoms with Gasteiger partial charge in [0.2, 0.25) is 0 Å². The third kappa shape index (κ3) is 3.37. The Bertz CT molecular complexity index is 780. The first-order valence-electron chi connectivity index (χ1n) is 7.00. The lowest BCUT2D eigenvalue weighted by Crippen LogP contribution is -2.15. The molecule has 0 atom stereocenters. The summed E-state index contributed by atoms with van der Waals surface area (Å²) in [7, 11) is 0. The summed E-state index contributed by atoms with van der Waals surface area (Å²) in [4.78, 5) is 22.2. The molecule has 1 aliphatic heterocycles. The second-order valence-corrected chi connectivity index (χ2v) is 4.90. The molecule has 2 aromatic carbocycles. The number of benzene rings is 2. The average molecular weight is 311 g/mol. The van der Waals surface area contributed by atoms with Crippen molar-refractivity contribution in [1.29, 1.82) is 0 Å². The van der Waals surface area contributed by atoms with E-state index in [1.165, 1.54) is 30.3 Å². The van der Waals surface area contributed by atoms with Gasteiger partial charge in [0.05, 0.1) is 4.92 Å². The molecule has 6 nitrogen and oxygen atoms in total. The van der Waals surface area contributed by atoms with Crippen LogP contribution in [-0.4, -0.2) is 23.9 Å². The van der Waals surface area contributed by atoms with Crippen molar-refractivity contribution in [2.45, 2.75) is 0 Å². The molecule has 1 aliphatic rings. The lowest BCUT2D eigenvalue weighted by Gasteiger charge is -2.18. The van der Waals surface area contributed by atoms with Gasteiger partial charge in [-0.05, 0) is 35.9 Å². The van der Waals surface area contributed by atoms with Gasteiger partial charge in [-0.1, -0.05) is 12.1 Å². The molecule has 0 unspecified atom stereocenters. The number of rotatable bonds is 4. The van der Waals surface area contributed by atoms with Crippen molar-refractivity contribution < 1.29 is 19.2 Å². The van der Waals surface area contributed by atoms with Crippen LogP contribution in [0.25, 0.3) is 6.08 Å². The maximum absolute atomic E-state index is 12.1. The van der Waals surface area contributed by atoms with E-state index in [0.717, 1.165) is 5.56 Å². The number of ketones is 1. The minimum atomic E-state index is -0.501. The van der Waals surface area contributed by atoms with Crippen molar-refractivity contribution in [3.63, 3.8) is 0 Å². The molecule has 6 heteroatoms. The summed E-state index contributed by atoms with van der Waals surface area (Å²) < 4.78 is 10.9. The van der Waals surface area contributed by atoms with E-state index >= 15 is 0 Å².